The number of nitrogens with zero attached hydrogens (tertiary/aromatic N) is 5. The topological polar surface area (TPSA) is 99.9 Å². The molecule has 9 heteroatoms. The number of hydrogen-bond donors (Lipinski definition) is 0. The Hall–Kier alpha value is -2.55. The summed E-state index contributed by atoms with van der Waals surface area (Å²) in [4.78, 5) is 15.1. The van der Waals surface area contributed by atoms with Crippen LogP contribution in [0.1, 0.15) is 5.82 Å². The summed E-state index contributed by atoms with van der Waals surface area (Å²) in [5.41, 5.74) is -0.0676. The van der Waals surface area contributed by atoms with Crippen LogP contribution in [-0.2, 0) is 6.54 Å². The van der Waals surface area contributed by atoms with E-state index < -0.39 is 4.92 Å². The zero-order chi connectivity index (χ0) is 13.2. The second-order valence-corrected chi connectivity index (χ2v) is 4.59. The van der Waals surface area contributed by atoms with Crippen molar-refractivity contribution in [3.05, 3.63) is 45.8 Å². The van der Waals surface area contributed by atoms with Crippen molar-refractivity contribution >= 4 is 17.0 Å². The molecular weight excluding hydrogens is 270 g/mol. The van der Waals surface area contributed by atoms with Crippen LogP contribution in [0.3, 0.4) is 0 Å². The van der Waals surface area contributed by atoms with Gasteiger partial charge in [-0.15, -0.1) is 11.3 Å². The van der Waals surface area contributed by atoms with E-state index in [9.17, 15) is 10.1 Å². The first-order valence-electron chi connectivity index (χ1n) is 5.25. The van der Waals surface area contributed by atoms with Gasteiger partial charge in [0.1, 0.15) is 18.9 Å². The van der Waals surface area contributed by atoms with Gasteiger partial charge in [-0.25, -0.2) is 0 Å². The van der Waals surface area contributed by atoms with E-state index in [1.54, 1.807) is 0 Å². The van der Waals surface area contributed by atoms with E-state index in [1.807, 2.05) is 17.5 Å². The molecule has 0 bridgehead atoms. The summed E-state index contributed by atoms with van der Waals surface area (Å²) in [6.45, 7) is 0.225. The van der Waals surface area contributed by atoms with Gasteiger partial charge in [0, 0.05) is 0 Å². The molecule has 3 aromatic heterocycles. The Morgan fingerprint density at radius 2 is 2.42 bits per heavy atom. The van der Waals surface area contributed by atoms with Crippen LogP contribution in [-0.4, -0.2) is 24.8 Å². The summed E-state index contributed by atoms with van der Waals surface area (Å²) in [5, 5.41) is 20.1. The largest absolute Gasteiger partial charge is 0.333 e. The quantitative estimate of drug-likeness (QED) is 0.533. The molecule has 0 aliphatic carbocycles. The average Bonchev–Trinajstić information content (AvgIpc) is 3.09. The maximum atomic E-state index is 10.5. The SMILES string of the molecule is O=[N+]([O-])c1cnn(Cc2noc(-c3cccs3)n2)c1. The molecule has 0 saturated carbocycles. The lowest BCUT2D eigenvalue weighted by Gasteiger charge is -1.92. The second-order valence-electron chi connectivity index (χ2n) is 3.65. The summed E-state index contributed by atoms with van der Waals surface area (Å²) in [7, 11) is 0. The zero-order valence-corrected chi connectivity index (χ0v) is 10.3. The summed E-state index contributed by atoms with van der Waals surface area (Å²) >= 11 is 1.50. The molecule has 8 nitrogen and oxygen atoms in total. The Bertz CT molecular complexity index is 702. The normalized spacial score (nSPS) is 10.7. The fourth-order valence-electron chi connectivity index (χ4n) is 1.50. The average molecular weight is 277 g/mol. The standard InChI is InChI=1S/C10H7N5O3S/c16-15(17)7-4-11-14(5-7)6-9-12-10(18-13-9)8-2-1-3-19-8/h1-5H,6H2. The first kappa shape index (κ1) is 11.5. The maximum Gasteiger partial charge on any atom is 0.307 e. The van der Waals surface area contributed by atoms with Crippen LogP contribution in [0.2, 0.25) is 0 Å². The number of thiophene rings is 1. The molecule has 0 saturated heterocycles. The van der Waals surface area contributed by atoms with Gasteiger partial charge < -0.3 is 4.52 Å². The van der Waals surface area contributed by atoms with Crippen LogP contribution in [0.4, 0.5) is 5.69 Å². The lowest BCUT2D eigenvalue weighted by molar-refractivity contribution is -0.385. The monoisotopic (exact) mass is 277 g/mol. The summed E-state index contributed by atoms with van der Waals surface area (Å²) in [6, 6.07) is 3.77. The number of hydrogen-bond acceptors (Lipinski definition) is 7. The summed E-state index contributed by atoms with van der Waals surface area (Å²) in [5.74, 6) is 0.855. The van der Waals surface area contributed by atoms with Gasteiger partial charge >= 0.3 is 5.69 Å². The van der Waals surface area contributed by atoms with E-state index in [4.69, 9.17) is 4.52 Å². The van der Waals surface area contributed by atoms with E-state index in [1.165, 1.54) is 28.4 Å². The molecule has 0 aromatic carbocycles. The predicted molar refractivity (Wildman–Crippen MR) is 65.6 cm³/mol. The Balaban J connectivity index is 1.78. The van der Waals surface area contributed by atoms with Crippen molar-refractivity contribution in [1.82, 2.24) is 19.9 Å². The minimum Gasteiger partial charge on any atom is -0.333 e. The molecule has 19 heavy (non-hydrogen) atoms. The molecule has 0 unspecified atom stereocenters. The van der Waals surface area contributed by atoms with Gasteiger partial charge in [0.05, 0.1) is 9.80 Å². The molecule has 3 rings (SSSR count). The lowest BCUT2D eigenvalue weighted by Crippen LogP contribution is -2.01. The zero-order valence-electron chi connectivity index (χ0n) is 9.46. The van der Waals surface area contributed by atoms with Crippen molar-refractivity contribution in [2.45, 2.75) is 6.54 Å². The van der Waals surface area contributed by atoms with Gasteiger partial charge in [-0.3, -0.25) is 14.8 Å². The van der Waals surface area contributed by atoms with Crippen molar-refractivity contribution in [2.75, 3.05) is 0 Å². The Kier molecular flexibility index (Phi) is 2.80. The Labute approximate surface area is 110 Å². The van der Waals surface area contributed by atoms with Crippen molar-refractivity contribution in [3.63, 3.8) is 0 Å². The molecule has 0 fully saturated rings. The fraction of sp³-hybridized carbons (Fsp3) is 0.100. The van der Waals surface area contributed by atoms with Crippen LogP contribution >= 0.6 is 11.3 Å². The molecule has 0 N–H and O–H groups in total. The minimum atomic E-state index is -0.503. The maximum absolute atomic E-state index is 10.5. The van der Waals surface area contributed by atoms with Crippen molar-refractivity contribution in [2.24, 2.45) is 0 Å². The fourth-order valence-corrected chi connectivity index (χ4v) is 2.14. The molecule has 0 aliphatic rings. The van der Waals surface area contributed by atoms with E-state index >= 15 is 0 Å². The molecule has 96 valence electrons. The Morgan fingerprint density at radius 1 is 1.53 bits per heavy atom. The van der Waals surface area contributed by atoms with Gasteiger partial charge in [-0.05, 0) is 11.4 Å². The second kappa shape index (κ2) is 4.61. The third-order valence-corrected chi connectivity index (χ3v) is 3.19. The molecule has 3 aromatic rings. The highest BCUT2D eigenvalue weighted by molar-refractivity contribution is 7.13. The number of aromatic nitrogens is 4. The first-order chi connectivity index (χ1) is 9.22. The molecule has 0 atom stereocenters. The van der Waals surface area contributed by atoms with Crippen molar-refractivity contribution in [1.29, 1.82) is 0 Å². The third-order valence-electron chi connectivity index (χ3n) is 2.33. The van der Waals surface area contributed by atoms with Gasteiger partial charge in [0.15, 0.2) is 5.82 Å². The summed E-state index contributed by atoms with van der Waals surface area (Å²) in [6.07, 6.45) is 2.50. The van der Waals surface area contributed by atoms with Crippen LogP contribution in [0, 0.1) is 10.1 Å². The van der Waals surface area contributed by atoms with Crippen molar-refractivity contribution in [3.8, 4) is 10.8 Å². The smallest absolute Gasteiger partial charge is 0.307 e. The predicted octanol–water partition coefficient (Wildman–Crippen LogP) is 1.95. The highest BCUT2D eigenvalue weighted by Gasteiger charge is 2.13. The minimum absolute atomic E-state index is 0.0676. The highest BCUT2D eigenvalue weighted by Crippen LogP contribution is 2.22. The highest BCUT2D eigenvalue weighted by atomic mass is 32.1. The number of nitro groups is 1. The molecular formula is C10H7N5O3S. The summed E-state index contributed by atoms with van der Waals surface area (Å²) < 4.78 is 6.50. The van der Waals surface area contributed by atoms with Crippen LogP contribution < -0.4 is 0 Å². The van der Waals surface area contributed by atoms with Crippen LogP contribution in [0.5, 0.6) is 0 Å². The third kappa shape index (κ3) is 2.36. The lowest BCUT2D eigenvalue weighted by atomic mass is 10.5. The molecule has 0 amide bonds. The molecule has 3 heterocycles. The van der Waals surface area contributed by atoms with Gasteiger partial charge in [-0.2, -0.15) is 10.1 Å². The van der Waals surface area contributed by atoms with Crippen LogP contribution in [0.15, 0.2) is 34.4 Å². The van der Waals surface area contributed by atoms with E-state index in [0.29, 0.717) is 11.7 Å². The molecule has 0 spiro atoms. The van der Waals surface area contributed by atoms with E-state index in [0.717, 1.165) is 4.88 Å². The van der Waals surface area contributed by atoms with Gasteiger partial charge in [-0.1, -0.05) is 11.2 Å². The molecule has 0 radical (unpaired) electrons. The molecule has 0 aliphatic heterocycles. The van der Waals surface area contributed by atoms with E-state index in [2.05, 4.69) is 15.2 Å². The van der Waals surface area contributed by atoms with Crippen molar-refractivity contribution < 1.29 is 9.45 Å². The Morgan fingerprint density at radius 3 is 3.11 bits per heavy atom. The van der Waals surface area contributed by atoms with Gasteiger partial charge in [0.25, 0.3) is 5.89 Å². The van der Waals surface area contributed by atoms with Crippen LogP contribution in [0.25, 0.3) is 10.8 Å². The van der Waals surface area contributed by atoms with E-state index in [-0.39, 0.29) is 12.2 Å². The number of rotatable bonds is 4. The first-order valence-corrected chi connectivity index (χ1v) is 6.13. The van der Waals surface area contributed by atoms with Gasteiger partial charge in [0.2, 0.25) is 0 Å².